The third kappa shape index (κ3) is 7.14. The first kappa shape index (κ1) is 8.14. The van der Waals surface area contributed by atoms with E-state index in [-0.39, 0.29) is 0 Å². The molecule has 0 aromatic heterocycles. The van der Waals surface area contributed by atoms with Crippen LogP contribution in [0.3, 0.4) is 0 Å². The van der Waals surface area contributed by atoms with Crippen LogP contribution >= 0.6 is 0 Å². The van der Waals surface area contributed by atoms with Crippen LogP contribution in [0, 0.1) is 0 Å². The number of unbranched alkanes of at least 4 members (excludes halogenated alkanes) is 1. The van der Waals surface area contributed by atoms with Crippen LogP contribution in [0.5, 0.6) is 0 Å². The summed E-state index contributed by atoms with van der Waals surface area (Å²) in [6.07, 6.45) is 2.95. The second-order valence-electron chi connectivity index (χ2n) is 1.73. The van der Waals surface area contributed by atoms with E-state index in [0.717, 1.165) is 19.1 Å². The molecule has 0 rings (SSSR count). The molecule has 0 bridgehead atoms. The Morgan fingerprint density at radius 1 is 1.78 bits per heavy atom. The highest BCUT2D eigenvalue weighted by Crippen LogP contribution is 1.84. The van der Waals surface area contributed by atoms with Gasteiger partial charge in [-0.1, -0.05) is 13.3 Å². The van der Waals surface area contributed by atoms with Gasteiger partial charge in [-0.25, -0.2) is 4.79 Å². The first-order valence-corrected chi connectivity index (χ1v) is 3.00. The maximum absolute atomic E-state index is 9.81. The van der Waals surface area contributed by atoms with E-state index in [1.165, 1.54) is 0 Å². The number of carbonyl (C=O) groups is 1. The molecule has 1 N–H and O–H groups in total. The largest absolute Gasteiger partial charge is 0.477 e. The summed E-state index contributed by atoms with van der Waals surface area (Å²) < 4.78 is 0. The van der Waals surface area contributed by atoms with Crippen LogP contribution in [0.4, 0.5) is 0 Å². The summed E-state index contributed by atoms with van der Waals surface area (Å²) in [5, 5.41) is 8.06. The van der Waals surface area contributed by atoms with Gasteiger partial charge in [0.2, 0.25) is 0 Å². The predicted octanol–water partition coefficient (Wildman–Crippen LogP) is 0.942. The summed E-state index contributed by atoms with van der Waals surface area (Å²) in [6.45, 7) is 2.67. The second-order valence-corrected chi connectivity index (χ2v) is 1.73. The maximum Gasteiger partial charge on any atom is 0.346 e. The Balaban J connectivity index is 3.15. The Bertz CT molecular complexity index is 110. The molecule has 0 aliphatic heterocycles. The molecule has 0 unspecified atom stereocenters. The van der Waals surface area contributed by atoms with Crippen LogP contribution in [0.15, 0.2) is 4.99 Å². The van der Waals surface area contributed by atoms with Crippen molar-refractivity contribution in [2.75, 3.05) is 6.54 Å². The van der Waals surface area contributed by atoms with Crippen LogP contribution < -0.4 is 0 Å². The van der Waals surface area contributed by atoms with Crippen molar-refractivity contribution < 1.29 is 9.90 Å². The van der Waals surface area contributed by atoms with Crippen LogP contribution in [0.1, 0.15) is 19.8 Å². The molecule has 52 valence electrons. The van der Waals surface area contributed by atoms with Gasteiger partial charge in [-0.05, 0) is 6.42 Å². The Morgan fingerprint density at radius 2 is 2.44 bits per heavy atom. The number of hydrogen-bond acceptors (Lipinski definition) is 2. The van der Waals surface area contributed by atoms with Crippen molar-refractivity contribution in [1.82, 2.24) is 0 Å². The van der Waals surface area contributed by atoms with Gasteiger partial charge in [0, 0.05) is 6.54 Å². The Labute approximate surface area is 54.4 Å². The second kappa shape index (κ2) is 5.28. The smallest absolute Gasteiger partial charge is 0.346 e. The molecule has 0 saturated heterocycles. The zero-order chi connectivity index (χ0) is 7.11. The van der Waals surface area contributed by atoms with Crippen molar-refractivity contribution in [3.05, 3.63) is 0 Å². The van der Waals surface area contributed by atoms with Crippen molar-refractivity contribution in [3.63, 3.8) is 0 Å². The molecule has 3 heteroatoms. The minimum atomic E-state index is -0.967. The topological polar surface area (TPSA) is 49.7 Å². The van der Waals surface area contributed by atoms with Gasteiger partial charge in [-0.2, -0.15) is 0 Å². The van der Waals surface area contributed by atoms with Gasteiger partial charge < -0.3 is 5.11 Å². The molecule has 0 aromatic rings. The highest BCUT2D eigenvalue weighted by Gasteiger charge is 1.84. The molecule has 0 atom stereocenters. The summed E-state index contributed by atoms with van der Waals surface area (Å²) >= 11 is 0. The maximum atomic E-state index is 9.81. The molecule has 9 heavy (non-hydrogen) atoms. The molecule has 0 saturated carbocycles. The molecule has 0 spiro atoms. The average molecular weight is 129 g/mol. The monoisotopic (exact) mass is 129 g/mol. The van der Waals surface area contributed by atoms with E-state index in [1.54, 1.807) is 0 Å². The molecular weight excluding hydrogens is 118 g/mol. The van der Waals surface area contributed by atoms with E-state index in [4.69, 9.17) is 5.11 Å². The first-order valence-electron chi connectivity index (χ1n) is 3.00. The lowest BCUT2D eigenvalue weighted by molar-refractivity contribution is -0.128. The molecule has 0 aliphatic carbocycles. The number of hydrogen-bond donors (Lipinski definition) is 1. The summed E-state index contributed by atoms with van der Waals surface area (Å²) in [4.78, 5) is 13.4. The quantitative estimate of drug-likeness (QED) is 0.453. The van der Waals surface area contributed by atoms with Crippen LogP contribution in [-0.2, 0) is 4.79 Å². The van der Waals surface area contributed by atoms with E-state index in [9.17, 15) is 4.79 Å². The summed E-state index contributed by atoms with van der Waals surface area (Å²) in [5.41, 5.74) is 0. The number of aliphatic carboxylic acids is 1. The summed E-state index contributed by atoms with van der Waals surface area (Å²) in [5.74, 6) is -0.967. The van der Waals surface area contributed by atoms with Gasteiger partial charge in [-0.15, -0.1) is 0 Å². The average Bonchev–Trinajstić information content (AvgIpc) is 1.80. The van der Waals surface area contributed by atoms with E-state index in [0.29, 0.717) is 6.54 Å². The lowest BCUT2D eigenvalue weighted by atomic mass is 10.3. The molecule has 0 amide bonds. The van der Waals surface area contributed by atoms with E-state index < -0.39 is 5.97 Å². The number of nitrogens with zero attached hydrogens (tertiary/aromatic N) is 1. The molecule has 0 radical (unpaired) electrons. The highest BCUT2D eigenvalue weighted by molar-refractivity contribution is 6.21. The van der Waals surface area contributed by atoms with Gasteiger partial charge in [0.1, 0.15) is 6.21 Å². The van der Waals surface area contributed by atoms with Crippen molar-refractivity contribution in [2.45, 2.75) is 19.8 Å². The number of aliphatic imine (C=N–C) groups is 1. The molecule has 0 heterocycles. The van der Waals surface area contributed by atoms with Crippen molar-refractivity contribution in [1.29, 1.82) is 0 Å². The third-order valence-electron chi connectivity index (χ3n) is 0.842. The van der Waals surface area contributed by atoms with E-state index >= 15 is 0 Å². The minimum Gasteiger partial charge on any atom is -0.477 e. The normalized spacial score (nSPS) is 10.3. The van der Waals surface area contributed by atoms with Crippen LogP contribution in [0.2, 0.25) is 0 Å². The standard InChI is InChI=1S/C6H11NO2/c1-2-3-4-7-5-6(8)9/h5H,2-4H2,1H3,(H,8,9). The Kier molecular flexibility index (Phi) is 4.78. The Hall–Kier alpha value is -0.860. The van der Waals surface area contributed by atoms with Gasteiger partial charge in [0.15, 0.2) is 0 Å². The van der Waals surface area contributed by atoms with Gasteiger partial charge in [0.25, 0.3) is 0 Å². The molecular formula is C6H11NO2. The zero-order valence-electron chi connectivity index (χ0n) is 5.50. The Morgan fingerprint density at radius 3 is 2.89 bits per heavy atom. The van der Waals surface area contributed by atoms with Crippen molar-refractivity contribution in [3.8, 4) is 0 Å². The number of carboxylic acid groups (broad SMARTS) is 1. The van der Waals surface area contributed by atoms with Crippen LogP contribution in [0.25, 0.3) is 0 Å². The molecule has 0 fully saturated rings. The van der Waals surface area contributed by atoms with Crippen LogP contribution in [-0.4, -0.2) is 23.8 Å². The molecule has 0 aliphatic rings. The number of rotatable bonds is 4. The molecule has 0 aromatic carbocycles. The lowest BCUT2D eigenvalue weighted by Gasteiger charge is -1.85. The number of carboxylic acids is 1. The highest BCUT2D eigenvalue weighted by atomic mass is 16.4. The SMILES string of the molecule is CCCCN=CC(=O)O. The van der Waals surface area contributed by atoms with Gasteiger partial charge in [0.05, 0.1) is 0 Å². The third-order valence-corrected chi connectivity index (χ3v) is 0.842. The zero-order valence-corrected chi connectivity index (χ0v) is 5.50. The van der Waals surface area contributed by atoms with Crippen molar-refractivity contribution >= 4 is 12.2 Å². The fourth-order valence-corrected chi connectivity index (χ4v) is 0.392. The molecule has 3 nitrogen and oxygen atoms in total. The van der Waals surface area contributed by atoms with Crippen molar-refractivity contribution in [2.24, 2.45) is 4.99 Å². The van der Waals surface area contributed by atoms with E-state index in [2.05, 4.69) is 4.99 Å². The summed E-state index contributed by atoms with van der Waals surface area (Å²) in [7, 11) is 0. The lowest BCUT2D eigenvalue weighted by Crippen LogP contribution is -1.95. The minimum absolute atomic E-state index is 0.628. The fraction of sp³-hybridized carbons (Fsp3) is 0.667. The predicted molar refractivity (Wildman–Crippen MR) is 35.9 cm³/mol. The fourth-order valence-electron chi connectivity index (χ4n) is 0.392. The van der Waals surface area contributed by atoms with Gasteiger partial charge >= 0.3 is 5.97 Å². The first-order chi connectivity index (χ1) is 4.27. The summed E-state index contributed by atoms with van der Waals surface area (Å²) in [6, 6.07) is 0. The van der Waals surface area contributed by atoms with Gasteiger partial charge in [-0.3, -0.25) is 4.99 Å². The van der Waals surface area contributed by atoms with E-state index in [1.807, 2.05) is 6.92 Å².